The predicted octanol–water partition coefficient (Wildman–Crippen LogP) is 1.54. The number of aromatic nitrogens is 3. The van der Waals surface area contributed by atoms with Crippen molar-refractivity contribution in [3.63, 3.8) is 0 Å². The number of nitrogens with zero attached hydrogens (tertiary/aromatic N) is 4. The fourth-order valence-corrected chi connectivity index (χ4v) is 2.70. The lowest BCUT2D eigenvalue weighted by Gasteiger charge is -2.18. The number of amides is 1. The van der Waals surface area contributed by atoms with Gasteiger partial charge in [-0.1, -0.05) is 12.1 Å². The van der Waals surface area contributed by atoms with Crippen LogP contribution >= 0.6 is 0 Å². The highest BCUT2D eigenvalue weighted by Crippen LogP contribution is 2.18. The van der Waals surface area contributed by atoms with E-state index in [1.54, 1.807) is 11.9 Å². The number of carbonyl (C=O) groups is 1. The molecule has 0 spiro atoms. The Labute approximate surface area is 123 Å². The molecule has 2 aromatic rings. The molecule has 6 nitrogen and oxygen atoms in total. The molecule has 0 radical (unpaired) electrons. The molecule has 0 saturated heterocycles. The Morgan fingerprint density at radius 3 is 3.00 bits per heavy atom. The molecular formula is C15H19N5O. The zero-order chi connectivity index (χ0) is 14.8. The lowest BCUT2D eigenvalue weighted by atomic mass is 10.1. The minimum atomic E-state index is -0.0182. The van der Waals surface area contributed by atoms with Gasteiger partial charge in [0.25, 0.3) is 5.91 Å². The van der Waals surface area contributed by atoms with Gasteiger partial charge in [0.1, 0.15) is 5.82 Å². The largest absolute Gasteiger partial charge is 0.387 e. The highest BCUT2D eigenvalue weighted by atomic mass is 16.2. The van der Waals surface area contributed by atoms with E-state index < -0.39 is 0 Å². The first-order valence-corrected chi connectivity index (χ1v) is 7.14. The second-order valence-corrected chi connectivity index (χ2v) is 5.24. The summed E-state index contributed by atoms with van der Waals surface area (Å²) < 4.78 is 2.12. The molecule has 1 N–H and O–H groups in total. The Morgan fingerprint density at radius 1 is 1.38 bits per heavy atom. The Balaban J connectivity index is 1.78. The first-order valence-electron chi connectivity index (χ1n) is 7.14. The molecule has 110 valence electrons. The van der Waals surface area contributed by atoms with Gasteiger partial charge in [0.05, 0.1) is 12.1 Å². The number of anilines is 1. The van der Waals surface area contributed by atoms with Gasteiger partial charge in [-0.05, 0) is 18.6 Å². The van der Waals surface area contributed by atoms with Gasteiger partial charge in [-0.15, -0.1) is 10.2 Å². The van der Waals surface area contributed by atoms with Crippen LogP contribution < -0.4 is 5.32 Å². The average Bonchev–Trinajstić information content (AvgIpc) is 3.11. The van der Waals surface area contributed by atoms with E-state index in [1.807, 2.05) is 31.3 Å². The molecule has 1 aliphatic heterocycles. The molecule has 3 rings (SSSR count). The lowest BCUT2D eigenvalue weighted by molar-refractivity contribution is 0.0781. The van der Waals surface area contributed by atoms with Gasteiger partial charge in [0.2, 0.25) is 0 Å². The number of fused-ring (bicyclic) bond motifs is 1. The van der Waals surface area contributed by atoms with Crippen molar-refractivity contribution >= 4 is 11.6 Å². The smallest absolute Gasteiger partial charge is 0.256 e. The van der Waals surface area contributed by atoms with Crippen LogP contribution in [0, 0.1) is 0 Å². The number of hydrogen-bond acceptors (Lipinski definition) is 4. The van der Waals surface area contributed by atoms with Gasteiger partial charge in [0.15, 0.2) is 5.82 Å². The zero-order valence-corrected chi connectivity index (χ0v) is 12.3. The minimum absolute atomic E-state index is 0.0182. The van der Waals surface area contributed by atoms with Gasteiger partial charge in [0, 0.05) is 32.7 Å². The summed E-state index contributed by atoms with van der Waals surface area (Å²) in [4.78, 5) is 14.3. The van der Waals surface area contributed by atoms with Gasteiger partial charge >= 0.3 is 0 Å². The zero-order valence-electron chi connectivity index (χ0n) is 12.3. The van der Waals surface area contributed by atoms with E-state index in [2.05, 4.69) is 20.1 Å². The molecule has 0 saturated carbocycles. The third-order valence-electron chi connectivity index (χ3n) is 3.84. The van der Waals surface area contributed by atoms with Crippen LogP contribution in [0.3, 0.4) is 0 Å². The van der Waals surface area contributed by atoms with Crippen LogP contribution in [0.4, 0.5) is 5.69 Å². The van der Waals surface area contributed by atoms with Crippen molar-refractivity contribution < 1.29 is 4.79 Å². The van der Waals surface area contributed by atoms with Crippen LogP contribution in [0.15, 0.2) is 24.3 Å². The normalized spacial score (nSPS) is 13.0. The number of hydrogen-bond donors (Lipinski definition) is 1. The highest BCUT2D eigenvalue weighted by Gasteiger charge is 2.21. The highest BCUT2D eigenvalue weighted by molar-refractivity contribution is 5.99. The molecule has 0 atom stereocenters. The fraction of sp³-hybridized carbons (Fsp3) is 0.400. The molecule has 21 heavy (non-hydrogen) atoms. The van der Waals surface area contributed by atoms with E-state index in [-0.39, 0.29) is 5.91 Å². The lowest BCUT2D eigenvalue weighted by Crippen LogP contribution is -2.28. The van der Waals surface area contributed by atoms with E-state index >= 15 is 0 Å². The SMILES string of the molecule is CNc1ccccc1C(=O)N(C)Cc1nnc2n1CCC2. The maximum absolute atomic E-state index is 12.6. The van der Waals surface area contributed by atoms with E-state index in [0.717, 1.165) is 36.7 Å². The molecule has 0 bridgehead atoms. The van der Waals surface area contributed by atoms with Gasteiger partial charge in [-0.2, -0.15) is 0 Å². The molecule has 0 fully saturated rings. The summed E-state index contributed by atoms with van der Waals surface area (Å²) in [6, 6.07) is 7.51. The van der Waals surface area contributed by atoms with Crippen molar-refractivity contribution in [2.24, 2.45) is 0 Å². The maximum atomic E-state index is 12.6. The van der Waals surface area contributed by atoms with Crippen molar-refractivity contribution in [3.05, 3.63) is 41.5 Å². The predicted molar refractivity (Wildman–Crippen MR) is 80.1 cm³/mol. The molecule has 6 heteroatoms. The van der Waals surface area contributed by atoms with Crippen LogP contribution in [-0.4, -0.2) is 39.7 Å². The van der Waals surface area contributed by atoms with E-state index in [4.69, 9.17) is 0 Å². The number of aryl methyl sites for hydroxylation is 1. The van der Waals surface area contributed by atoms with Crippen molar-refractivity contribution in [2.75, 3.05) is 19.4 Å². The number of benzene rings is 1. The Bertz CT molecular complexity index is 664. The van der Waals surface area contributed by atoms with Gasteiger partial charge in [-0.25, -0.2) is 0 Å². The maximum Gasteiger partial charge on any atom is 0.256 e. The van der Waals surface area contributed by atoms with Crippen molar-refractivity contribution in [1.82, 2.24) is 19.7 Å². The summed E-state index contributed by atoms with van der Waals surface area (Å²) in [6.45, 7) is 1.43. The summed E-state index contributed by atoms with van der Waals surface area (Å²) >= 11 is 0. The number of para-hydroxylation sites is 1. The van der Waals surface area contributed by atoms with Crippen LogP contribution in [0.1, 0.15) is 28.4 Å². The molecule has 1 aromatic heterocycles. The fourth-order valence-electron chi connectivity index (χ4n) is 2.70. The minimum Gasteiger partial charge on any atom is -0.387 e. The third kappa shape index (κ3) is 2.49. The monoisotopic (exact) mass is 285 g/mol. The topological polar surface area (TPSA) is 63.1 Å². The second-order valence-electron chi connectivity index (χ2n) is 5.24. The molecule has 0 unspecified atom stereocenters. The van der Waals surface area contributed by atoms with E-state index in [0.29, 0.717) is 12.1 Å². The summed E-state index contributed by atoms with van der Waals surface area (Å²) in [6.07, 6.45) is 2.09. The number of rotatable bonds is 4. The van der Waals surface area contributed by atoms with Crippen LogP contribution in [-0.2, 0) is 19.5 Å². The summed E-state index contributed by atoms with van der Waals surface area (Å²) in [7, 11) is 3.61. The second kappa shape index (κ2) is 5.55. The van der Waals surface area contributed by atoms with E-state index in [9.17, 15) is 4.79 Å². The molecule has 1 aliphatic rings. The average molecular weight is 285 g/mol. The van der Waals surface area contributed by atoms with Crippen molar-refractivity contribution in [1.29, 1.82) is 0 Å². The number of carbonyl (C=O) groups excluding carboxylic acids is 1. The molecular weight excluding hydrogens is 266 g/mol. The Hall–Kier alpha value is -2.37. The van der Waals surface area contributed by atoms with Crippen molar-refractivity contribution in [2.45, 2.75) is 25.9 Å². The summed E-state index contributed by atoms with van der Waals surface area (Å²) in [5.41, 5.74) is 1.50. The van der Waals surface area contributed by atoms with Crippen LogP contribution in [0.25, 0.3) is 0 Å². The molecule has 0 aliphatic carbocycles. The molecule has 1 aromatic carbocycles. The summed E-state index contributed by atoms with van der Waals surface area (Å²) in [5, 5.41) is 11.4. The van der Waals surface area contributed by atoms with Crippen LogP contribution in [0.2, 0.25) is 0 Å². The Morgan fingerprint density at radius 2 is 2.19 bits per heavy atom. The quantitative estimate of drug-likeness (QED) is 0.925. The first kappa shape index (κ1) is 13.6. The van der Waals surface area contributed by atoms with Crippen LogP contribution in [0.5, 0.6) is 0 Å². The number of nitrogens with one attached hydrogen (secondary N) is 1. The standard InChI is InChI=1S/C15H19N5O/c1-16-12-7-4-3-6-11(12)15(21)19(2)10-14-18-17-13-8-5-9-20(13)14/h3-4,6-7,16H,5,8-10H2,1-2H3. The first-order chi connectivity index (χ1) is 10.2. The van der Waals surface area contributed by atoms with Gasteiger partial charge in [-0.3, -0.25) is 4.79 Å². The molecule has 1 amide bonds. The van der Waals surface area contributed by atoms with Crippen molar-refractivity contribution in [3.8, 4) is 0 Å². The van der Waals surface area contributed by atoms with E-state index in [1.165, 1.54) is 0 Å². The summed E-state index contributed by atoms with van der Waals surface area (Å²) in [5.74, 6) is 1.87. The third-order valence-corrected chi connectivity index (χ3v) is 3.84. The molecule has 2 heterocycles. The Kier molecular flexibility index (Phi) is 3.60. The van der Waals surface area contributed by atoms with Gasteiger partial charge < -0.3 is 14.8 Å².